The molecule has 0 atom stereocenters. The molecule has 0 N–H and O–H groups in total. The predicted molar refractivity (Wildman–Crippen MR) is 182 cm³/mol. The number of benzene rings is 4. The van der Waals surface area contributed by atoms with E-state index in [2.05, 4.69) is 13.2 Å². The Bertz CT molecular complexity index is 2660. The van der Waals surface area contributed by atoms with Gasteiger partial charge >= 0.3 is 113 Å². The zero-order valence-electron chi connectivity index (χ0n) is 27.0. The van der Waals surface area contributed by atoms with Gasteiger partial charge in [0.1, 0.15) is 60.7 Å². The van der Waals surface area contributed by atoms with Gasteiger partial charge in [-0.3, -0.25) is 0 Å². The van der Waals surface area contributed by atoms with Crippen molar-refractivity contribution in [2.75, 3.05) is 0 Å². The number of hydrogen-bond acceptors (Lipinski definition) is 18. The van der Waals surface area contributed by atoms with Gasteiger partial charge in [0.25, 0.3) is 0 Å². The minimum absolute atomic E-state index is 0. The average Bonchev–Trinajstić information content (AvgIpc) is 2.91. The molecule has 4 rings (SSSR count). The Morgan fingerprint density at radius 2 is 0.566 bits per heavy atom. The fourth-order valence-electron chi connectivity index (χ4n) is 5.00. The van der Waals surface area contributed by atoms with Crippen LogP contribution in [0.2, 0.25) is 0 Å². The first kappa shape index (κ1) is 53.1. The monoisotopic (exact) mass is 930 g/mol. The van der Waals surface area contributed by atoms with Crippen LogP contribution in [0.25, 0.3) is 32.7 Å². The molecule has 4 aromatic rings. The molecule has 0 unspecified atom stereocenters. The van der Waals surface area contributed by atoms with E-state index in [1.807, 2.05) is 0 Å². The first-order valence-electron chi connectivity index (χ1n) is 12.6. The van der Waals surface area contributed by atoms with Crippen LogP contribution < -0.4 is 0 Å². The first-order valence-corrected chi connectivity index (χ1v) is 21.0. The molecule has 0 amide bonds. The molecule has 0 saturated heterocycles. The zero-order valence-corrected chi connectivity index (χ0v) is 38.5. The molecule has 0 fully saturated rings. The maximum Gasteiger partial charge on any atom is 2.00 e. The standard InChI is InChI=1S/2C13H12O9S3.3Ca/c2*1-7(2)10-8-5-3-4-6-9(8)11(23(14,15)16)13(25(20,21)22)12(10)24(17,18)19;;;/h2*3-6H,1H2,2H3,(H,14,15,16)(H,17,18,19)(H,20,21,22);;;/q;;3*+2/p-6. The fraction of sp³-hybridized carbons (Fsp3) is 0.0769. The van der Waals surface area contributed by atoms with Crippen molar-refractivity contribution in [3.63, 3.8) is 0 Å². The normalized spacial score (nSPS) is 12.4. The van der Waals surface area contributed by atoms with E-state index in [1.165, 1.54) is 50.2 Å². The molecule has 18 nitrogen and oxygen atoms in total. The predicted octanol–water partition coefficient (Wildman–Crippen LogP) is 0.0280. The summed E-state index contributed by atoms with van der Waals surface area (Å²) in [5.74, 6) is 0. The molecule has 0 saturated carbocycles. The zero-order chi connectivity index (χ0) is 38.7. The van der Waals surface area contributed by atoms with E-state index < -0.39 is 112 Å². The van der Waals surface area contributed by atoms with Gasteiger partial charge in [-0.2, -0.15) is 0 Å². The molecule has 0 aliphatic rings. The van der Waals surface area contributed by atoms with Crippen LogP contribution in [0.3, 0.4) is 0 Å². The molecule has 0 radical (unpaired) electrons. The Morgan fingerprint density at radius 1 is 0.377 bits per heavy atom. The van der Waals surface area contributed by atoms with E-state index >= 15 is 0 Å². The van der Waals surface area contributed by atoms with Crippen LogP contribution in [-0.2, 0) is 60.7 Å². The van der Waals surface area contributed by atoms with E-state index in [4.69, 9.17) is 0 Å². The van der Waals surface area contributed by atoms with Crippen LogP contribution in [0.1, 0.15) is 25.0 Å². The molecule has 53 heavy (non-hydrogen) atoms. The second-order valence-electron chi connectivity index (χ2n) is 10.1. The van der Waals surface area contributed by atoms with Crippen LogP contribution >= 0.6 is 0 Å². The summed E-state index contributed by atoms with van der Waals surface area (Å²) in [5, 5.41) is -1.44. The molecule has 4 aromatic carbocycles. The third-order valence-corrected chi connectivity index (χ3v) is 12.5. The van der Waals surface area contributed by atoms with Crippen molar-refractivity contribution in [1.29, 1.82) is 0 Å². The van der Waals surface area contributed by atoms with E-state index in [1.54, 1.807) is 0 Å². The van der Waals surface area contributed by atoms with Gasteiger partial charge in [-0.1, -0.05) is 61.7 Å². The van der Waals surface area contributed by atoms with Crippen molar-refractivity contribution in [1.82, 2.24) is 0 Å². The molecule has 272 valence electrons. The smallest absolute Gasteiger partial charge is 0.744 e. The quantitative estimate of drug-likeness (QED) is 0.166. The third-order valence-electron chi connectivity index (χ3n) is 6.51. The van der Waals surface area contributed by atoms with E-state index in [0.29, 0.717) is 0 Å². The van der Waals surface area contributed by atoms with Gasteiger partial charge in [-0.15, -0.1) is 0 Å². The largest absolute Gasteiger partial charge is 2.00 e. The minimum Gasteiger partial charge on any atom is -0.744 e. The molecule has 0 aromatic heterocycles. The van der Waals surface area contributed by atoms with Gasteiger partial charge in [-0.25, -0.2) is 50.5 Å². The second-order valence-corrected chi connectivity index (χ2v) is 18.0. The summed E-state index contributed by atoms with van der Waals surface area (Å²) >= 11 is 0. The number of hydrogen-bond donors (Lipinski definition) is 0. The molecule has 0 spiro atoms. The van der Waals surface area contributed by atoms with Crippen LogP contribution in [-0.4, -0.2) is 191 Å². The Balaban J connectivity index is 0.000000966. The molecule has 0 heterocycles. The summed E-state index contributed by atoms with van der Waals surface area (Å²) in [5.41, 5.74) is -1.31. The van der Waals surface area contributed by atoms with Gasteiger partial charge in [-0.05, 0) is 35.8 Å². The third kappa shape index (κ3) is 11.6. The topological polar surface area (TPSA) is 343 Å². The SMILES string of the molecule is C=C(C)c1c(S(=O)(=O)[O-])c(S(=O)(=O)[O-])c(S(=O)(=O)[O-])c2ccccc12.C=C(C)c1c(S(=O)(=O)[O-])c(S(=O)(=O)[O-])c(S(=O)(=O)[O-])c2ccccc12.[Ca+2].[Ca+2].[Ca+2]. The van der Waals surface area contributed by atoms with E-state index in [0.717, 1.165) is 12.1 Å². The Hall–Kier alpha value is 0.119. The van der Waals surface area contributed by atoms with E-state index in [-0.39, 0.29) is 135 Å². The molecule has 0 aliphatic carbocycles. The second kappa shape index (κ2) is 18.4. The van der Waals surface area contributed by atoms with Crippen molar-refractivity contribution in [3.8, 4) is 0 Å². The van der Waals surface area contributed by atoms with Crippen LogP contribution in [0, 0.1) is 0 Å². The summed E-state index contributed by atoms with van der Waals surface area (Å²) in [7, 11) is -34.2. The summed E-state index contributed by atoms with van der Waals surface area (Å²) in [4.78, 5) is -10.1. The minimum atomic E-state index is -5.83. The molecule has 0 bridgehead atoms. The Kier molecular flexibility index (Phi) is 18.4. The van der Waals surface area contributed by atoms with Gasteiger partial charge in [0.05, 0.1) is 29.4 Å². The molecular formula is C26H18Ca3O18S6. The van der Waals surface area contributed by atoms with Crippen LogP contribution in [0.5, 0.6) is 0 Å². The van der Waals surface area contributed by atoms with Crippen molar-refractivity contribution >= 4 is 207 Å². The first-order chi connectivity index (χ1) is 22.3. The maximum absolute atomic E-state index is 11.7. The van der Waals surface area contributed by atoms with Crippen LogP contribution in [0.15, 0.2) is 91.1 Å². The van der Waals surface area contributed by atoms with Gasteiger partial charge < -0.3 is 27.3 Å². The molecule has 27 heteroatoms. The maximum atomic E-state index is 11.7. The molecule has 0 aliphatic heterocycles. The number of rotatable bonds is 8. The number of allylic oxidation sites excluding steroid dienone is 2. The van der Waals surface area contributed by atoms with Crippen molar-refractivity contribution in [3.05, 3.63) is 72.8 Å². The Labute approximate surface area is 394 Å². The van der Waals surface area contributed by atoms with Crippen molar-refractivity contribution < 1.29 is 77.8 Å². The summed E-state index contributed by atoms with van der Waals surface area (Å²) < 4.78 is 209. The Morgan fingerprint density at radius 3 is 0.736 bits per heavy atom. The summed E-state index contributed by atoms with van der Waals surface area (Å²) in [6.07, 6.45) is 0. The molecular weight excluding hydrogens is 913 g/mol. The van der Waals surface area contributed by atoms with Crippen molar-refractivity contribution in [2.45, 2.75) is 43.2 Å². The van der Waals surface area contributed by atoms with E-state index in [9.17, 15) is 77.8 Å². The fourth-order valence-corrected chi connectivity index (χ4v) is 12.2. The number of fused-ring (bicyclic) bond motifs is 2. The van der Waals surface area contributed by atoms with Crippen LogP contribution in [0.4, 0.5) is 0 Å². The van der Waals surface area contributed by atoms with Crippen molar-refractivity contribution in [2.24, 2.45) is 0 Å². The average molecular weight is 931 g/mol. The summed E-state index contributed by atoms with van der Waals surface area (Å²) in [6, 6.07) is 9.53. The van der Waals surface area contributed by atoms with Gasteiger partial charge in [0, 0.05) is 21.9 Å². The van der Waals surface area contributed by atoms with Gasteiger partial charge in [0.15, 0.2) is 0 Å². The summed E-state index contributed by atoms with van der Waals surface area (Å²) in [6.45, 7) is 9.32. The van der Waals surface area contributed by atoms with Gasteiger partial charge in [0.2, 0.25) is 0 Å².